The Bertz CT molecular complexity index is 504. The van der Waals surface area contributed by atoms with Crippen molar-refractivity contribution in [3.63, 3.8) is 0 Å². The minimum atomic E-state index is -1.09. The molecule has 2 N–H and O–H groups in total. The number of hydrogen-bond donors (Lipinski definition) is 2. The lowest BCUT2D eigenvalue weighted by atomic mass is 10.2. The largest absolute Gasteiger partial charge is 0.495 e. The summed E-state index contributed by atoms with van der Waals surface area (Å²) in [6, 6.07) is 4.83. The van der Waals surface area contributed by atoms with Gasteiger partial charge in [0.15, 0.2) is 0 Å². The average molecular weight is 296 g/mol. The number of rotatable bonds is 7. The summed E-state index contributed by atoms with van der Waals surface area (Å²) in [5.41, 5.74) is 1.45. The number of carboxylic acids is 1. The highest BCUT2D eigenvalue weighted by molar-refractivity contribution is 5.92. The second-order valence-electron chi connectivity index (χ2n) is 4.44. The molecule has 0 fully saturated rings. The molecule has 7 nitrogen and oxygen atoms in total. The third kappa shape index (κ3) is 5.31. The lowest BCUT2D eigenvalue weighted by molar-refractivity contribution is -0.137. The fourth-order valence-corrected chi connectivity index (χ4v) is 1.73. The summed E-state index contributed by atoms with van der Waals surface area (Å²) >= 11 is 0. The van der Waals surface area contributed by atoms with E-state index in [4.69, 9.17) is 14.6 Å². The molecule has 1 rings (SSSR count). The Morgan fingerprint density at radius 3 is 2.62 bits per heavy atom. The molecule has 0 heterocycles. The van der Waals surface area contributed by atoms with Crippen molar-refractivity contribution in [2.75, 3.05) is 39.2 Å². The first-order valence-corrected chi connectivity index (χ1v) is 6.39. The maximum absolute atomic E-state index is 12.2. The molecule has 0 aromatic heterocycles. The number of ether oxygens (including phenoxy) is 2. The van der Waals surface area contributed by atoms with Gasteiger partial charge in [0.1, 0.15) is 12.3 Å². The van der Waals surface area contributed by atoms with Crippen molar-refractivity contribution in [1.29, 1.82) is 0 Å². The van der Waals surface area contributed by atoms with Crippen molar-refractivity contribution in [3.8, 4) is 5.75 Å². The zero-order valence-corrected chi connectivity index (χ0v) is 12.4. The van der Waals surface area contributed by atoms with Crippen LogP contribution in [-0.2, 0) is 9.53 Å². The summed E-state index contributed by atoms with van der Waals surface area (Å²) in [4.78, 5) is 24.2. The van der Waals surface area contributed by atoms with Crippen LogP contribution in [0.5, 0.6) is 5.75 Å². The van der Waals surface area contributed by atoms with Crippen LogP contribution in [-0.4, -0.2) is 55.9 Å². The van der Waals surface area contributed by atoms with E-state index in [9.17, 15) is 9.59 Å². The van der Waals surface area contributed by atoms with Crippen LogP contribution in [0.25, 0.3) is 0 Å². The van der Waals surface area contributed by atoms with E-state index < -0.39 is 18.5 Å². The van der Waals surface area contributed by atoms with Gasteiger partial charge in [-0.1, -0.05) is 6.07 Å². The zero-order valence-electron chi connectivity index (χ0n) is 12.4. The molecule has 0 aliphatic carbocycles. The molecule has 0 aliphatic rings. The lowest BCUT2D eigenvalue weighted by Crippen LogP contribution is -2.40. The monoisotopic (exact) mass is 296 g/mol. The fraction of sp³-hybridized carbons (Fsp3) is 0.429. The molecule has 0 saturated carbocycles. The number of nitrogens with zero attached hydrogens (tertiary/aromatic N) is 1. The van der Waals surface area contributed by atoms with Gasteiger partial charge in [-0.15, -0.1) is 0 Å². The number of hydrogen-bond acceptors (Lipinski definition) is 4. The van der Waals surface area contributed by atoms with Crippen LogP contribution in [0.1, 0.15) is 5.56 Å². The molecule has 0 atom stereocenters. The third-order valence-electron chi connectivity index (χ3n) is 2.78. The minimum absolute atomic E-state index is 0.183. The predicted molar refractivity (Wildman–Crippen MR) is 77.8 cm³/mol. The Kier molecular flexibility index (Phi) is 6.48. The van der Waals surface area contributed by atoms with Gasteiger partial charge in [-0.2, -0.15) is 0 Å². The van der Waals surface area contributed by atoms with E-state index in [-0.39, 0.29) is 13.2 Å². The summed E-state index contributed by atoms with van der Waals surface area (Å²) in [5.74, 6) is -0.576. The van der Waals surface area contributed by atoms with E-state index >= 15 is 0 Å². The Labute approximate surface area is 123 Å². The van der Waals surface area contributed by atoms with Crippen LogP contribution in [0.3, 0.4) is 0 Å². The van der Waals surface area contributed by atoms with Crippen LogP contribution in [0, 0.1) is 6.92 Å². The number of benzene rings is 1. The van der Waals surface area contributed by atoms with Crippen molar-refractivity contribution in [3.05, 3.63) is 23.8 Å². The van der Waals surface area contributed by atoms with Crippen molar-refractivity contribution in [2.24, 2.45) is 0 Å². The molecule has 0 radical (unpaired) electrons. The van der Waals surface area contributed by atoms with Crippen LogP contribution in [0.15, 0.2) is 18.2 Å². The minimum Gasteiger partial charge on any atom is -0.495 e. The quantitative estimate of drug-likeness (QED) is 0.797. The zero-order chi connectivity index (χ0) is 15.8. The van der Waals surface area contributed by atoms with Gasteiger partial charge in [0, 0.05) is 13.7 Å². The second-order valence-corrected chi connectivity index (χ2v) is 4.44. The number of carboxylic acid groups (broad SMARTS) is 1. The van der Waals surface area contributed by atoms with Crippen molar-refractivity contribution < 1.29 is 24.2 Å². The number of carbonyl (C=O) groups excluding carboxylic acids is 1. The predicted octanol–water partition coefficient (Wildman–Crippen LogP) is 1.57. The SMILES string of the molecule is COCCN(CC(=O)O)C(=O)Nc1cc(C)ccc1OC. The first kappa shape index (κ1) is 16.8. The molecule has 0 aliphatic heterocycles. The number of methoxy groups -OCH3 is 2. The van der Waals surface area contributed by atoms with Crippen LogP contribution >= 0.6 is 0 Å². The highest BCUT2D eigenvalue weighted by Gasteiger charge is 2.18. The van der Waals surface area contributed by atoms with E-state index in [2.05, 4.69) is 5.32 Å². The number of aryl methyl sites for hydroxylation is 1. The van der Waals surface area contributed by atoms with Crippen LogP contribution in [0.4, 0.5) is 10.5 Å². The molecule has 1 aromatic rings. The summed E-state index contributed by atoms with van der Waals surface area (Å²) < 4.78 is 10.0. The molecule has 21 heavy (non-hydrogen) atoms. The van der Waals surface area contributed by atoms with E-state index in [1.165, 1.54) is 14.2 Å². The van der Waals surface area contributed by atoms with Gasteiger partial charge >= 0.3 is 12.0 Å². The highest BCUT2D eigenvalue weighted by Crippen LogP contribution is 2.25. The van der Waals surface area contributed by atoms with Gasteiger partial charge in [0.2, 0.25) is 0 Å². The molecule has 2 amide bonds. The lowest BCUT2D eigenvalue weighted by Gasteiger charge is -2.21. The number of nitrogens with one attached hydrogen (secondary N) is 1. The molecular weight excluding hydrogens is 276 g/mol. The molecule has 7 heteroatoms. The number of urea groups is 1. The van der Waals surface area contributed by atoms with Gasteiger partial charge in [0.25, 0.3) is 0 Å². The van der Waals surface area contributed by atoms with E-state index in [0.717, 1.165) is 10.5 Å². The normalized spacial score (nSPS) is 10.0. The first-order valence-electron chi connectivity index (χ1n) is 6.39. The summed E-state index contributed by atoms with van der Waals surface area (Å²) in [7, 11) is 2.99. The van der Waals surface area contributed by atoms with Gasteiger partial charge in [-0.05, 0) is 24.6 Å². The topological polar surface area (TPSA) is 88.1 Å². The molecule has 0 unspecified atom stereocenters. The summed E-state index contributed by atoms with van der Waals surface area (Å²) in [5, 5.41) is 11.5. The van der Waals surface area contributed by atoms with Crippen molar-refractivity contribution >= 4 is 17.7 Å². The number of aliphatic carboxylic acids is 1. The summed E-state index contributed by atoms with van der Waals surface area (Å²) in [6.45, 7) is 1.92. The number of carbonyl (C=O) groups is 2. The molecule has 116 valence electrons. The van der Waals surface area contributed by atoms with Crippen LogP contribution in [0.2, 0.25) is 0 Å². The maximum Gasteiger partial charge on any atom is 0.323 e. The number of amides is 2. The van der Waals surface area contributed by atoms with Crippen molar-refractivity contribution in [1.82, 2.24) is 4.90 Å². The average Bonchev–Trinajstić information content (AvgIpc) is 2.43. The molecule has 0 saturated heterocycles. The van der Waals surface area contributed by atoms with Crippen molar-refractivity contribution in [2.45, 2.75) is 6.92 Å². The second kappa shape index (κ2) is 8.11. The summed E-state index contributed by atoms with van der Waals surface area (Å²) in [6.07, 6.45) is 0. The molecular formula is C14H20N2O5. The Morgan fingerprint density at radius 1 is 1.33 bits per heavy atom. The molecule has 1 aromatic carbocycles. The number of anilines is 1. The van der Waals surface area contributed by atoms with E-state index in [1.807, 2.05) is 13.0 Å². The van der Waals surface area contributed by atoms with E-state index in [1.54, 1.807) is 12.1 Å². The van der Waals surface area contributed by atoms with Gasteiger partial charge in [-0.3, -0.25) is 4.79 Å². The Balaban J connectivity index is 2.84. The van der Waals surface area contributed by atoms with Gasteiger partial charge < -0.3 is 24.8 Å². The fourth-order valence-electron chi connectivity index (χ4n) is 1.73. The smallest absolute Gasteiger partial charge is 0.323 e. The third-order valence-corrected chi connectivity index (χ3v) is 2.78. The van der Waals surface area contributed by atoms with Crippen LogP contribution < -0.4 is 10.1 Å². The van der Waals surface area contributed by atoms with Gasteiger partial charge in [-0.25, -0.2) is 4.79 Å². The van der Waals surface area contributed by atoms with Gasteiger partial charge in [0.05, 0.1) is 19.4 Å². The first-order chi connectivity index (χ1) is 9.97. The van der Waals surface area contributed by atoms with E-state index in [0.29, 0.717) is 11.4 Å². The molecule has 0 spiro atoms. The maximum atomic E-state index is 12.2. The Morgan fingerprint density at radius 2 is 2.05 bits per heavy atom. The highest BCUT2D eigenvalue weighted by atomic mass is 16.5. The Hall–Kier alpha value is -2.28. The molecule has 0 bridgehead atoms. The standard InChI is InChI=1S/C14H20N2O5/c1-10-4-5-12(21-3)11(8-10)15-14(19)16(6-7-20-2)9-13(17)18/h4-5,8H,6-7,9H2,1-3H3,(H,15,19)(H,17,18).